The molecule has 1 rings (SSSR count). The van der Waals surface area contributed by atoms with E-state index in [4.69, 9.17) is 14.6 Å². The van der Waals surface area contributed by atoms with Crippen LogP contribution in [-0.2, 0) is 16.0 Å². The first-order valence-corrected chi connectivity index (χ1v) is 5.68. The Morgan fingerprint density at radius 1 is 1.21 bits per heavy atom. The van der Waals surface area contributed by atoms with Crippen molar-refractivity contribution < 1.29 is 24.2 Å². The first-order chi connectivity index (χ1) is 8.97. The third-order valence-electron chi connectivity index (χ3n) is 2.59. The third-order valence-corrected chi connectivity index (χ3v) is 2.59. The Balaban J connectivity index is 2.86. The first kappa shape index (κ1) is 14.8. The fourth-order valence-electron chi connectivity index (χ4n) is 1.66. The Kier molecular flexibility index (Phi) is 5.17. The molecule has 0 aliphatic rings. The van der Waals surface area contributed by atoms with Crippen LogP contribution in [0.1, 0.15) is 11.1 Å². The number of carbonyl (C=O) groups is 2. The van der Waals surface area contributed by atoms with Gasteiger partial charge in [-0.05, 0) is 24.6 Å². The van der Waals surface area contributed by atoms with Gasteiger partial charge in [-0.15, -0.1) is 0 Å². The van der Waals surface area contributed by atoms with E-state index in [-0.39, 0.29) is 12.3 Å². The Morgan fingerprint density at radius 2 is 1.84 bits per heavy atom. The van der Waals surface area contributed by atoms with Gasteiger partial charge in [0.2, 0.25) is 5.91 Å². The predicted octanol–water partition coefficient (Wildman–Crippen LogP) is 0.756. The Hall–Kier alpha value is -2.24. The molecule has 0 radical (unpaired) electrons. The van der Waals surface area contributed by atoms with Crippen LogP contribution in [0.4, 0.5) is 0 Å². The molecule has 0 fully saturated rings. The zero-order valence-electron chi connectivity index (χ0n) is 11.1. The molecule has 0 heterocycles. The van der Waals surface area contributed by atoms with Gasteiger partial charge in [-0.25, -0.2) is 0 Å². The number of hydrogen-bond donors (Lipinski definition) is 2. The molecule has 1 amide bonds. The van der Waals surface area contributed by atoms with Crippen LogP contribution in [0.2, 0.25) is 0 Å². The fraction of sp³-hybridized carbons (Fsp3) is 0.385. The topological polar surface area (TPSA) is 84.9 Å². The normalized spacial score (nSPS) is 9.84. The van der Waals surface area contributed by atoms with E-state index in [2.05, 4.69) is 5.32 Å². The number of aliphatic carboxylic acids is 1. The van der Waals surface area contributed by atoms with Gasteiger partial charge in [0.1, 0.15) is 18.0 Å². The van der Waals surface area contributed by atoms with Gasteiger partial charge in [-0.1, -0.05) is 0 Å². The van der Waals surface area contributed by atoms with E-state index >= 15 is 0 Å². The largest absolute Gasteiger partial charge is 0.496 e. The highest BCUT2D eigenvalue weighted by Gasteiger charge is 2.12. The second-order valence-electron chi connectivity index (χ2n) is 3.98. The van der Waals surface area contributed by atoms with Crippen molar-refractivity contribution in [2.45, 2.75) is 13.3 Å². The minimum absolute atomic E-state index is 0.0348. The quantitative estimate of drug-likeness (QED) is 0.794. The van der Waals surface area contributed by atoms with Crippen LogP contribution in [0.25, 0.3) is 0 Å². The van der Waals surface area contributed by atoms with Gasteiger partial charge in [-0.2, -0.15) is 0 Å². The molecule has 0 unspecified atom stereocenters. The van der Waals surface area contributed by atoms with Crippen molar-refractivity contribution in [3.8, 4) is 11.5 Å². The molecule has 6 heteroatoms. The van der Waals surface area contributed by atoms with Gasteiger partial charge < -0.3 is 19.9 Å². The Morgan fingerprint density at radius 3 is 2.37 bits per heavy atom. The van der Waals surface area contributed by atoms with Crippen LogP contribution < -0.4 is 14.8 Å². The number of amides is 1. The highest BCUT2D eigenvalue weighted by molar-refractivity contribution is 5.83. The SMILES string of the molecule is COc1cc(CC(=O)NCC(=O)O)c(OC)cc1C. The van der Waals surface area contributed by atoms with E-state index in [1.807, 2.05) is 6.92 Å². The molecule has 0 aliphatic heterocycles. The fourth-order valence-corrected chi connectivity index (χ4v) is 1.66. The molecule has 6 nitrogen and oxygen atoms in total. The molecular weight excluding hydrogens is 250 g/mol. The summed E-state index contributed by atoms with van der Waals surface area (Å²) in [5, 5.41) is 10.8. The number of benzene rings is 1. The van der Waals surface area contributed by atoms with Gasteiger partial charge in [0.15, 0.2) is 0 Å². The lowest BCUT2D eigenvalue weighted by Gasteiger charge is -2.12. The highest BCUT2D eigenvalue weighted by Crippen LogP contribution is 2.28. The summed E-state index contributed by atoms with van der Waals surface area (Å²) in [7, 11) is 3.06. The van der Waals surface area contributed by atoms with Crippen LogP contribution in [0.5, 0.6) is 11.5 Å². The minimum atomic E-state index is -1.08. The van der Waals surface area contributed by atoms with E-state index in [1.165, 1.54) is 7.11 Å². The maximum Gasteiger partial charge on any atom is 0.322 e. The Labute approximate surface area is 111 Å². The van der Waals surface area contributed by atoms with E-state index < -0.39 is 12.5 Å². The maximum absolute atomic E-state index is 11.6. The molecule has 0 atom stereocenters. The number of carbonyl (C=O) groups excluding carboxylic acids is 1. The zero-order valence-corrected chi connectivity index (χ0v) is 11.1. The number of carboxylic acid groups (broad SMARTS) is 1. The molecular formula is C13H17NO5. The molecule has 1 aromatic carbocycles. The number of aryl methyl sites for hydroxylation is 1. The molecule has 1 aromatic rings. The van der Waals surface area contributed by atoms with Gasteiger partial charge >= 0.3 is 5.97 Å². The molecule has 0 aliphatic carbocycles. The van der Waals surface area contributed by atoms with Crippen molar-refractivity contribution in [1.29, 1.82) is 0 Å². The summed E-state index contributed by atoms with van der Waals surface area (Å²) in [4.78, 5) is 22.0. The minimum Gasteiger partial charge on any atom is -0.496 e. The van der Waals surface area contributed by atoms with Gasteiger partial charge in [0.05, 0.1) is 20.6 Å². The average molecular weight is 267 g/mol. The van der Waals surface area contributed by atoms with Gasteiger partial charge in [-0.3, -0.25) is 9.59 Å². The van der Waals surface area contributed by atoms with Crippen LogP contribution in [-0.4, -0.2) is 37.7 Å². The summed E-state index contributed by atoms with van der Waals surface area (Å²) >= 11 is 0. The van der Waals surface area contributed by atoms with E-state index in [0.717, 1.165) is 5.56 Å². The molecule has 0 bridgehead atoms. The molecule has 0 saturated heterocycles. The predicted molar refractivity (Wildman–Crippen MR) is 68.6 cm³/mol. The number of ether oxygens (including phenoxy) is 2. The van der Waals surface area contributed by atoms with Crippen molar-refractivity contribution in [1.82, 2.24) is 5.32 Å². The summed E-state index contributed by atoms with van der Waals surface area (Å²) in [5.74, 6) is -0.237. The Bertz CT molecular complexity index is 484. The molecule has 0 aromatic heterocycles. The molecule has 0 spiro atoms. The lowest BCUT2D eigenvalue weighted by molar-refractivity contribution is -0.137. The van der Waals surface area contributed by atoms with Crippen molar-refractivity contribution in [3.05, 3.63) is 23.3 Å². The van der Waals surface area contributed by atoms with Crippen LogP contribution >= 0.6 is 0 Å². The summed E-state index contributed by atoms with van der Waals surface area (Å²) in [6.45, 7) is 1.47. The maximum atomic E-state index is 11.6. The summed E-state index contributed by atoms with van der Waals surface area (Å²) in [6, 6.07) is 3.49. The first-order valence-electron chi connectivity index (χ1n) is 5.68. The molecule has 2 N–H and O–H groups in total. The number of methoxy groups -OCH3 is 2. The van der Waals surface area contributed by atoms with Crippen molar-refractivity contribution in [2.24, 2.45) is 0 Å². The molecule has 104 valence electrons. The number of rotatable bonds is 6. The van der Waals surface area contributed by atoms with E-state index in [1.54, 1.807) is 19.2 Å². The van der Waals surface area contributed by atoms with Crippen molar-refractivity contribution >= 4 is 11.9 Å². The lowest BCUT2D eigenvalue weighted by atomic mass is 10.1. The third kappa shape index (κ3) is 4.17. The van der Waals surface area contributed by atoms with E-state index in [9.17, 15) is 9.59 Å². The van der Waals surface area contributed by atoms with Crippen LogP contribution in [0.15, 0.2) is 12.1 Å². The second-order valence-corrected chi connectivity index (χ2v) is 3.98. The highest BCUT2D eigenvalue weighted by atomic mass is 16.5. The average Bonchev–Trinajstić information content (AvgIpc) is 2.37. The number of hydrogen-bond acceptors (Lipinski definition) is 4. The standard InChI is InChI=1S/C13H17NO5/c1-8-4-11(19-3)9(5-10(8)18-2)6-12(15)14-7-13(16)17/h4-5H,6-7H2,1-3H3,(H,14,15)(H,16,17). The van der Waals surface area contributed by atoms with Crippen molar-refractivity contribution in [2.75, 3.05) is 20.8 Å². The van der Waals surface area contributed by atoms with Crippen molar-refractivity contribution in [3.63, 3.8) is 0 Å². The van der Waals surface area contributed by atoms with Gasteiger partial charge in [0, 0.05) is 5.56 Å². The van der Waals surface area contributed by atoms with Crippen LogP contribution in [0, 0.1) is 6.92 Å². The lowest BCUT2D eigenvalue weighted by Crippen LogP contribution is -2.30. The zero-order chi connectivity index (χ0) is 14.4. The smallest absolute Gasteiger partial charge is 0.322 e. The monoisotopic (exact) mass is 267 g/mol. The van der Waals surface area contributed by atoms with Crippen LogP contribution in [0.3, 0.4) is 0 Å². The number of carboxylic acids is 1. The van der Waals surface area contributed by atoms with Gasteiger partial charge in [0.25, 0.3) is 0 Å². The summed E-state index contributed by atoms with van der Waals surface area (Å²) in [5.41, 5.74) is 1.54. The molecule has 19 heavy (non-hydrogen) atoms. The van der Waals surface area contributed by atoms with E-state index in [0.29, 0.717) is 17.1 Å². The molecule has 0 saturated carbocycles. The summed E-state index contributed by atoms with van der Waals surface area (Å²) in [6.07, 6.45) is 0.0348. The summed E-state index contributed by atoms with van der Waals surface area (Å²) < 4.78 is 10.4. The second kappa shape index (κ2) is 6.63. The number of nitrogens with one attached hydrogen (secondary N) is 1.